The number of aromatic nitrogens is 2. The van der Waals surface area contributed by atoms with Gasteiger partial charge in [-0.25, -0.2) is 4.98 Å². The third-order valence-electron chi connectivity index (χ3n) is 3.66. The van der Waals surface area contributed by atoms with E-state index in [0.29, 0.717) is 12.1 Å². The smallest absolute Gasteiger partial charge is 0.0951 e. The molecule has 0 aromatic carbocycles. The highest BCUT2D eigenvalue weighted by atomic mass is 32.1. The molecule has 0 saturated carbocycles. The summed E-state index contributed by atoms with van der Waals surface area (Å²) in [6, 6.07) is 5.31. The second-order valence-corrected chi connectivity index (χ2v) is 6.04. The Bertz CT molecular complexity index is 483. The first-order chi connectivity index (χ1) is 8.84. The first-order valence-electron chi connectivity index (χ1n) is 6.62. The van der Waals surface area contributed by atoms with Crippen LogP contribution in [0.25, 0.3) is 0 Å². The van der Waals surface area contributed by atoms with Crippen molar-refractivity contribution in [3.63, 3.8) is 0 Å². The summed E-state index contributed by atoms with van der Waals surface area (Å²) in [4.78, 5) is 5.79. The number of rotatable bonds is 4. The lowest BCUT2D eigenvalue weighted by atomic mass is 10.1. The van der Waals surface area contributed by atoms with Gasteiger partial charge in [0, 0.05) is 29.6 Å². The number of nitrogens with zero attached hydrogens (tertiary/aromatic N) is 2. The normalized spacial score (nSPS) is 21.3. The molecule has 1 unspecified atom stereocenters. The lowest BCUT2D eigenvalue weighted by Crippen LogP contribution is -2.19. The summed E-state index contributed by atoms with van der Waals surface area (Å²) in [5, 5.41) is 5.70. The zero-order chi connectivity index (χ0) is 12.4. The predicted molar refractivity (Wildman–Crippen MR) is 74.9 cm³/mol. The molecule has 1 saturated heterocycles. The van der Waals surface area contributed by atoms with E-state index in [9.17, 15) is 0 Å². The van der Waals surface area contributed by atoms with Crippen LogP contribution in [-0.2, 0) is 6.42 Å². The second kappa shape index (κ2) is 5.24. The van der Waals surface area contributed by atoms with Crippen molar-refractivity contribution in [3.8, 4) is 0 Å². The molecule has 2 aromatic rings. The molecule has 0 spiro atoms. The maximum Gasteiger partial charge on any atom is 0.0951 e. The highest BCUT2D eigenvalue weighted by molar-refractivity contribution is 7.09. The first kappa shape index (κ1) is 11.9. The van der Waals surface area contributed by atoms with Crippen LogP contribution in [-0.4, -0.2) is 16.1 Å². The molecule has 2 atom stereocenters. The van der Waals surface area contributed by atoms with Crippen molar-refractivity contribution in [2.75, 3.05) is 6.54 Å². The fourth-order valence-corrected chi connectivity index (χ4v) is 3.53. The fourth-order valence-electron chi connectivity index (χ4n) is 2.71. The van der Waals surface area contributed by atoms with Crippen molar-refractivity contribution < 1.29 is 0 Å². The topological polar surface area (TPSA) is 29.9 Å². The van der Waals surface area contributed by atoms with E-state index < -0.39 is 0 Å². The van der Waals surface area contributed by atoms with Gasteiger partial charge in [-0.3, -0.25) is 0 Å². The molecule has 0 amide bonds. The molecule has 3 rings (SSSR count). The molecule has 3 nitrogen and oxygen atoms in total. The molecular weight excluding hydrogens is 242 g/mol. The highest BCUT2D eigenvalue weighted by Crippen LogP contribution is 2.26. The Labute approximate surface area is 112 Å². The number of thiophene rings is 1. The summed E-state index contributed by atoms with van der Waals surface area (Å²) in [7, 11) is 0. The van der Waals surface area contributed by atoms with Crippen LogP contribution in [0, 0.1) is 0 Å². The lowest BCUT2D eigenvalue weighted by molar-refractivity contribution is 0.491. The van der Waals surface area contributed by atoms with Gasteiger partial charge in [0.15, 0.2) is 0 Å². The molecule has 1 aliphatic rings. The standard InChI is InChI=1S/C14H19N3S/c1-11(8-12-4-3-7-18-12)17-10-15-9-14(17)13-5-2-6-16-13/h3-4,7,9-11,13,16H,2,5-6,8H2,1H3/t11?,13-/m0/s1. The Kier molecular flexibility index (Phi) is 3.48. The van der Waals surface area contributed by atoms with E-state index in [2.05, 4.69) is 39.3 Å². The summed E-state index contributed by atoms with van der Waals surface area (Å²) in [6.45, 7) is 3.41. The number of imidazole rings is 1. The minimum absolute atomic E-state index is 0.476. The summed E-state index contributed by atoms with van der Waals surface area (Å²) in [5.74, 6) is 0. The molecule has 1 N–H and O–H groups in total. The molecule has 4 heteroatoms. The minimum atomic E-state index is 0.476. The van der Waals surface area contributed by atoms with E-state index in [1.54, 1.807) is 0 Å². The first-order valence-corrected chi connectivity index (χ1v) is 7.50. The van der Waals surface area contributed by atoms with Gasteiger partial charge < -0.3 is 9.88 Å². The van der Waals surface area contributed by atoms with Crippen molar-refractivity contribution in [2.24, 2.45) is 0 Å². The minimum Gasteiger partial charge on any atom is -0.330 e. The van der Waals surface area contributed by atoms with Gasteiger partial charge in [-0.1, -0.05) is 6.07 Å². The van der Waals surface area contributed by atoms with Crippen molar-refractivity contribution in [1.82, 2.24) is 14.9 Å². The summed E-state index contributed by atoms with van der Waals surface area (Å²) in [5.41, 5.74) is 1.34. The Morgan fingerprint density at radius 1 is 1.61 bits per heavy atom. The summed E-state index contributed by atoms with van der Waals surface area (Å²) < 4.78 is 2.34. The van der Waals surface area contributed by atoms with Gasteiger partial charge in [0.05, 0.1) is 12.0 Å². The van der Waals surface area contributed by atoms with Gasteiger partial charge in [-0.05, 0) is 37.8 Å². The Balaban J connectivity index is 1.77. The van der Waals surface area contributed by atoms with E-state index in [1.807, 2.05) is 23.9 Å². The molecular formula is C14H19N3S. The van der Waals surface area contributed by atoms with E-state index in [-0.39, 0.29) is 0 Å². The van der Waals surface area contributed by atoms with E-state index in [0.717, 1.165) is 13.0 Å². The van der Waals surface area contributed by atoms with Crippen LogP contribution in [0.3, 0.4) is 0 Å². The Hall–Kier alpha value is -1.13. The SMILES string of the molecule is CC(Cc1cccs1)n1cncc1[C@@H]1CCCN1. The lowest BCUT2D eigenvalue weighted by Gasteiger charge is -2.19. The summed E-state index contributed by atoms with van der Waals surface area (Å²) in [6.07, 6.45) is 7.60. The molecule has 2 aromatic heterocycles. The van der Waals surface area contributed by atoms with Crippen LogP contribution in [0.15, 0.2) is 30.0 Å². The van der Waals surface area contributed by atoms with Crippen LogP contribution >= 0.6 is 11.3 Å². The fraction of sp³-hybridized carbons (Fsp3) is 0.500. The third-order valence-corrected chi connectivity index (χ3v) is 4.56. The largest absolute Gasteiger partial charge is 0.330 e. The van der Waals surface area contributed by atoms with Crippen molar-refractivity contribution >= 4 is 11.3 Å². The molecule has 0 bridgehead atoms. The molecule has 0 aliphatic carbocycles. The second-order valence-electron chi connectivity index (χ2n) is 5.01. The predicted octanol–water partition coefficient (Wildman–Crippen LogP) is 3.17. The summed E-state index contributed by atoms with van der Waals surface area (Å²) >= 11 is 1.84. The monoisotopic (exact) mass is 261 g/mol. The van der Waals surface area contributed by atoms with Crippen LogP contribution in [0.2, 0.25) is 0 Å². The molecule has 96 valence electrons. The average molecular weight is 261 g/mol. The van der Waals surface area contributed by atoms with E-state index in [4.69, 9.17) is 0 Å². The number of hydrogen-bond donors (Lipinski definition) is 1. The van der Waals surface area contributed by atoms with Crippen molar-refractivity contribution in [1.29, 1.82) is 0 Å². The van der Waals surface area contributed by atoms with Crippen LogP contribution in [0.4, 0.5) is 0 Å². The zero-order valence-electron chi connectivity index (χ0n) is 10.7. The Morgan fingerprint density at radius 3 is 3.28 bits per heavy atom. The van der Waals surface area contributed by atoms with Gasteiger partial charge >= 0.3 is 0 Å². The van der Waals surface area contributed by atoms with Gasteiger partial charge in [0.1, 0.15) is 0 Å². The quantitative estimate of drug-likeness (QED) is 0.916. The van der Waals surface area contributed by atoms with Crippen molar-refractivity contribution in [3.05, 3.63) is 40.6 Å². The highest BCUT2D eigenvalue weighted by Gasteiger charge is 2.21. The van der Waals surface area contributed by atoms with Gasteiger partial charge in [0.2, 0.25) is 0 Å². The Morgan fingerprint density at radius 2 is 2.56 bits per heavy atom. The zero-order valence-corrected chi connectivity index (χ0v) is 11.5. The van der Waals surface area contributed by atoms with Crippen LogP contribution in [0.5, 0.6) is 0 Å². The van der Waals surface area contributed by atoms with Crippen LogP contribution in [0.1, 0.15) is 42.4 Å². The molecule has 0 radical (unpaired) electrons. The number of nitrogens with one attached hydrogen (secondary N) is 1. The average Bonchev–Trinajstić information content (AvgIpc) is 3.11. The molecule has 3 heterocycles. The molecule has 18 heavy (non-hydrogen) atoms. The maximum atomic E-state index is 4.34. The maximum absolute atomic E-state index is 4.34. The van der Waals surface area contributed by atoms with E-state index in [1.165, 1.54) is 23.4 Å². The number of hydrogen-bond acceptors (Lipinski definition) is 3. The van der Waals surface area contributed by atoms with Gasteiger partial charge in [-0.15, -0.1) is 11.3 Å². The van der Waals surface area contributed by atoms with Crippen LogP contribution < -0.4 is 5.32 Å². The van der Waals surface area contributed by atoms with E-state index >= 15 is 0 Å². The van der Waals surface area contributed by atoms with Gasteiger partial charge in [0.25, 0.3) is 0 Å². The third kappa shape index (κ3) is 2.35. The van der Waals surface area contributed by atoms with Gasteiger partial charge in [-0.2, -0.15) is 0 Å². The molecule has 1 aliphatic heterocycles. The van der Waals surface area contributed by atoms with Crippen molar-refractivity contribution in [2.45, 2.75) is 38.3 Å². The molecule has 1 fully saturated rings.